The molecule has 0 aliphatic heterocycles. The number of aliphatic hydroxyl groups is 1. The quantitative estimate of drug-likeness (QED) is 0.571. The Hall–Kier alpha value is -1.68. The van der Waals surface area contributed by atoms with Crippen LogP contribution in [-0.2, 0) is 11.3 Å². The van der Waals surface area contributed by atoms with Gasteiger partial charge in [0.15, 0.2) is 5.78 Å². The second-order valence-corrected chi connectivity index (χ2v) is 12.9. The van der Waals surface area contributed by atoms with Crippen LogP contribution in [-0.4, -0.2) is 26.0 Å². The maximum Gasteiger partial charge on any atom is 0.156 e. The summed E-state index contributed by atoms with van der Waals surface area (Å²) in [5.41, 5.74) is 2.14. The second kappa shape index (κ2) is 7.91. The van der Waals surface area contributed by atoms with Crippen molar-refractivity contribution in [3.8, 4) is 0 Å². The minimum Gasteiger partial charge on any atom is -0.390 e. The number of rotatable bonds is 4. The summed E-state index contributed by atoms with van der Waals surface area (Å²) >= 11 is 0. The highest BCUT2D eigenvalue weighted by atomic mass is 16.3. The first-order chi connectivity index (χ1) is 16.3. The predicted molar refractivity (Wildman–Crippen MR) is 135 cm³/mol. The normalized spacial score (nSPS) is 43.8. The van der Waals surface area contributed by atoms with Crippen molar-refractivity contribution in [2.45, 2.75) is 97.1 Å². The molecule has 1 N–H and O–H groups in total. The van der Waals surface area contributed by atoms with Crippen LogP contribution in [0.2, 0.25) is 0 Å². The molecule has 8 atom stereocenters. The highest BCUT2D eigenvalue weighted by molar-refractivity contribution is 5.84. The summed E-state index contributed by atoms with van der Waals surface area (Å²) in [6, 6.07) is 8.14. The molecule has 4 saturated carbocycles. The molecular weight excluding hydrogens is 420 g/mol. The van der Waals surface area contributed by atoms with E-state index in [0.29, 0.717) is 29.6 Å². The highest BCUT2D eigenvalue weighted by Gasteiger charge is 2.62. The van der Waals surface area contributed by atoms with E-state index < -0.39 is 5.60 Å². The Morgan fingerprint density at radius 3 is 2.71 bits per heavy atom. The van der Waals surface area contributed by atoms with Gasteiger partial charge in [-0.3, -0.25) is 4.79 Å². The molecule has 0 bridgehead atoms. The number of carbonyl (C=O) groups is 1. The molecule has 4 aliphatic carbocycles. The Morgan fingerprint density at radius 1 is 1.06 bits per heavy atom. The fourth-order valence-electron chi connectivity index (χ4n) is 9.89. The first-order valence-corrected chi connectivity index (χ1v) is 13.9. The molecule has 34 heavy (non-hydrogen) atoms. The third-order valence-corrected chi connectivity index (χ3v) is 11.6. The molecule has 4 fully saturated rings. The molecule has 0 saturated heterocycles. The van der Waals surface area contributed by atoms with Gasteiger partial charge in [0.25, 0.3) is 0 Å². The van der Waals surface area contributed by atoms with Crippen molar-refractivity contribution < 1.29 is 9.90 Å². The van der Waals surface area contributed by atoms with Crippen molar-refractivity contribution >= 4 is 16.8 Å². The minimum absolute atomic E-state index is 0.149. The minimum atomic E-state index is -0.471. The molecule has 0 radical (unpaired) electrons. The molecule has 1 aromatic carbocycles. The van der Waals surface area contributed by atoms with E-state index in [1.807, 2.05) is 24.5 Å². The zero-order valence-electron chi connectivity index (χ0n) is 21.3. The van der Waals surface area contributed by atoms with Gasteiger partial charge in [-0.2, -0.15) is 0 Å². The third kappa shape index (κ3) is 3.27. The smallest absolute Gasteiger partial charge is 0.156 e. The van der Waals surface area contributed by atoms with Gasteiger partial charge in [0, 0.05) is 5.92 Å². The molecule has 4 nitrogen and oxygen atoms in total. The van der Waals surface area contributed by atoms with Crippen LogP contribution in [0, 0.1) is 40.4 Å². The van der Waals surface area contributed by atoms with Crippen molar-refractivity contribution in [1.29, 1.82) is 0 Å². The maximum absolute atomic E-state index is 13.7. The number of hydrogen-bond acceptors (Lipinski definition) is 3. The Balaban J connectivity index is 1.23. The summed E-state index contributed by atoms with van der Waals surface area (Å²) in [5.74, 6) is 3.52. The fourth-order valence-corrected chi connectivity index (χ4v) is 9.89. The third-order valence-electron chi connectivity index (χ3n) is 11.6. The average Bonchev–Trinajstić information content (AvgIpc) is 3.39. The number of Topliss-reactive ketones (excluding diaryl/α,β-unsaturated/α-hetero) is 1. The predicted octanol–water partition coefficient (Wildman–Crippen LogP) is 6.41. The Morgan fingerprint density at radius 2 is 1.88 bits per heavy atom. The molecule has 184 valence electrons. The van der Waals surface area contributed by atoms with Gasteiger partial charge < -0.3 is 9.67 Å². The fraction of sp³-hybridized carbons (Fsp3) is 0.733. The zero-order chi connectivity index (χ0) is 23.7. The van der Waals surface area contributed by atoms with Crippen LogP contribution in [0.15, 0.2) is 30.6 Å². The van der Waals surface area contributed by atoms with Gasteiger partial charge in [-0.25, -0.2) is 4.98 Å². The van der Waals surface area contributed by atoms with Crippen LogP contribution in [0.4, 0.5) is 0 Å². The number of para-hydroxylation sites is 2. The van der Waals surface area contributed by atoms with Crippen molar-refractivity contribution in [2.75, 3.05) is 0 Å². The van der Waals surface area contributed by atoms with E-state index in [2.05, 4.69) is 36.4 Å². The van der Waals surface area contributed by atoms with E-state index in [0.717, 1.165) is 42.1 Å². The van der Waals surface area contributed by atoms with Crippen LogP contribution in [0.3, 0.4) is 0 Å². The van der Waals surface area contributed by atoms with E-state index in [-0.39, 0.29) is 11.3 Å². The SMILES string of the molecule is CC[C@]12CC[C@@](C)(O)C[C@@H]1CC[C@H]1[C@@H]3CC[C@H](C(=O)Cn4cnc5ccccc54)[C@@]3(C)CC[C@@H]12. The van der Waals surface area contributed by atoms with Crippen LogP contribution >= 0.6 is 0 Å². The van der Waals surface area contributed by atoms with E-state index in [1.165, 1.54) is 44.9 Å². The number of nitrogens with zero attached hydrogens (tertiary/aromatic N) is 2. The summed E-state index contributed by atoms with van der Waals surface area (Å²) in [6.07, 6.45) is 13.6. The van der Waals surface area contributed by atoms with Gasteiger partial charge in [-0.1, -0.05) is 26.0 Å². The number of benzene rings is 1. The molecule has 2 aromatic rings. The first kappa shape index (κ1) is 22.8. The molecule has 4 heteroatoms. The summed E-state index contributed by atoms with van der Waals surface area (Å²) in [7, 11) is 0. The van der Waals surface area contributed by atoms with E-state index in [4.69, 9.17) is 0 Å². The Labute approximate surface area is 204 Å². The van der Waals surface area contributed by atoms with E-state index >= 15 is 0 Å². The highest BCUT2D eigenvalue weighted by Crippen LogP contribution is 2.69. The lowest BCUT2D eigenvalue weighted by atomic mass is 9.42. The molecule has 6 rings (SSSR count). The van der Waals surface area contributed by atoms with Crippen molar-refractivity contribution in [2.24, 2.45) is 40.4 Å². The number of fused-ring (bicyclic) bond motifs is 6. The van der Waals surface area contributed by atoms with Gasteiger partial charge >= 0.3 is 0 Å². The molecule has 0 amide bonds. The average molecular weight is 463 g/mol. The molecule has 1 heterocycles. The number of hydrogen-bond donors (Lipinski definition) is 1. The Kier molecular flexibility index (Phi) is 5.30. The number of imidazole rings is 1. The standard InChI is InChI=1S/C30H42N2O2/c1-4-30-16-15-28(2,34)17-20(30)9-10-21-22-11-12-24(29(22,3)14-13-23(21)30)27(33)18-32-19-31-25-7-5-6-8-26(25)32/h5-8,19-24,34H,4,9-18H2,1-3H3/t20-,21-,22-,23-,24+,28+,29-,30-/m0/s1. The maximum atomic E-state index is 13.7. The lowest BCUT2D eigenvalue weighted by Crippen LogP contribution is -2.56. The van der Waals surface area contributed by atoms with Gasteiger partial charge in [0.2, 0.25) is 0 Å². The monoisotopic (exact) mass is 462 g/mol. The summed E-state index contributed by atoms with van der Waals surface area (Å²) in [6.45, 7) is 7.40. The lowest BCUT2D eigenvalue weighted by Gasteiger charge is -2.63. The van der Waals surface area contributed by atoms with Crippen LogP contribution in [0.1, 0.15) is 85.0 Å². The second-order valence-electron chi connectivity index (χ2n) is 12.9. The van der Waals surface area contributed by atoms with Gasteiger partial charge in [0.05, 0.1) is 29.5 Å². The van der Waals surface area contributed by atoms with Crippen molar-refractivity contribution in [3.05, 3.63) is 30.6 Å². The topological polar surface area (TPSA) is 55.1 Å². The van der Waals surface area contributed by atoms with Gasteiger partial charge in [-0.05, 0) is 118 Å². The molecule has 4 aliphatic rings. The van der Waals surface area contributed by atoms with Crippen molar-refractivity contribution in [1.82, 2.24) is 9.55 Å². The zero-order valence-corrected chi connectivity index (χ0v) is 21.3. The molecule has 1 aromatic heterocycles. The van der Waals surface area contributed by atoms with E-state index in [9.17, 15) is 9.90 Å². The largest absolute Gasteiger partial charge is 0.390 e. The first-order valence-electron chi connectivity index (χ1n) is 13.9. The number of ketones is 1. The Bertz CT molecular complexity index is 1090. The van der Waals surface area contributed by atoms with Gasteiger partial charge in [0.1, 0.15) is 0 Å². The summed E-state index contributed by atoms with van der Waals surface area (Å²) in [4.78, 5) is 18.2. The lowest BCUT2D eigenvalue weighted by molar-refractivity contribution is -0.158. The molecule has 0 spiro atoms. The van der Waals surface area contributed by atoms with Gasteiger partial charge in [-0.15, -0.1) is 0 Å². The molecule has 0 unspecified atom stereocenters. The molecular formula is C30H42N2O2. The number of carbonyl (C=O) groups excluding carboxylic acids is 1. The number of aromatic nitrogens is 2. The summed E-state index contributed by atoms with van der Waals surface area (Å²) < 4.78 is 2.06. The summed E-state index contributed by atoms with van der Waals surface area (Å²) in [5, 5.41) is 10.8. The van der Waals surface area contributed by atoms with Crippen LogP contribution in [0.5, 0.6) is 0 Å². The van der Waals surface area contributed by atoms with Crippen molar-refractivity contribution in [3.63, 3.8) is 0 Å². The van der Waals surface area contributed by atoms with Crippen LogP contribution in [0.25, 0.3) is 11.0 Å². The van der Waals surface area contributed by atoms with E-state index in [1.54, 1.807) is 0 Å². The van der Waals surface area contributed by atoms with Crippen LogP contribution < -0.4 is 0 Å².